The van der Waals surface area contributed by atoms with Crippen LogP contribution >= 0.6 is 0 Å². The van der Waals surface area contributed by atoms with Crippen LogP contribution in [0.2, 0.25) is 0 Å². The molecule has 1 aliphatic heterocycles. The number of fused-ring (bicyclic) bond motifs is 1. The van der Waals surface area contributed by atoms with Crippen LogP contribution in [0.25, 0.3) is 10.9 Å². The van der Waals surface area contributed by atoms with E-state index in [2.05, 4.69) is 39.3 Å². The Morgan fingerprint density at radius 2 is 1.52 bits per heavy atom. The number of rotatable bonds is 11. The van der Waals surface area contributed by atoms with Gasteiger partial charge >= 0.3 is 0 Å². The van der Waals surface area contributed by atoms with E-state index in [0.29, 0.717) is 19.6 Å². The van der Waals surface area contributed by atoms with Gasteiger partial charge in [0.05, 0.1) is 30.8 Å². The SMILES string of the molecule is CC.CCC.COCc1ccncc1.O=C(CNC(=O)c1ccc2ccccc2n1)NC(Cc1ccccc1)C(O)CN1CCCCC1. The molecule has 5 rings (SSSR count). The number of carbonyl (C=O) groups is 2. The minimum atomic E-state index is -0.708. The zero-order valence-corrected chi connectivity index (χ0v) is 29.4. The normalized spacial score (nSPS) is 13.6. The Kier molecular flexibility index (Phi) is 20.0. The largest absolute Gasteiger partial charge is 0.390 e. The van der Waals surface area contributed by atoms with Crippen LogP contribution in [0.15, 0.2) is 91.3 Å². The second kappa shape index (κ2) is 24.0. The van der Waals surface area contributed by atoms with Gasteiger partial charge in [0.25, 0.3) is 5.91 Å². The van der Waals surface area contributed by atoms with Crippen LogP contribution in [-0.2, 0) is 22.6 Å². The molecule has 0 spiro atoms. The van der Waals surface area contributed by atoms with Crippen LogP contribution in [0.3, 0.4) is 0 Å². The quantitative estimate of drug-likeness (QED) is 0.176. The molecule has 2 unspecified atom stereocenters. The van der Waals surface area contributed by atoms with Gasteiger partial charge in [-0.25, -0.2) is 4.98 Å². The van der Waals surface area contributed by atoms with Gasteiger partial charge in [-0.05, 0) is 67.7 Å². The number of carbonyl (C=O) groups excluding carboxylic acids is 2. The van der Waals surface area contributed by atoms with Gasteiger partial charge in [-0.3, -0.25) is 14.6 Å². The first-order valence-electron chi connectivity index (χ1n) is 17.2. The third kappa shape index (κ3) is 15.2. The maximum Gasteiger partial charge on any atom is 0.270 e. The van der Waals surface area contributed by atoms with E-state index in [-0.39, 0.29) is 18.1 Å². The van der Waals surface area contributed by atoms with Gasteiger partial charge in [0, 0.05) is 31.4 Å². The van der Waals surface area contributed by atoms with Gasteiger partial charge in [0.1, 0.15) is 5.69 Å². The molecule has 260 valence electrons. The number of para-hydroxylation sites is 1. The fraction of sp³-hybridized carbons (Fsp3) is 0.436. The summed E-state index contributed by atoms with van der Waals surface area (Å²) in [6.45, 7) is 11.2. The van der Waals surface area contributed by atoms with Crippen molar-refractivity contribution >= 4 is 22.7 Å². The molecule has 0 aliphatic carbocycles. The monoisotopic (exact) mass is 657 g/mol. The van der Waals surface area contributed by atoms with Crippen molar-refractivity contribution in [3.63, 3.8) is 0 Å². The lowest BCUT2D eigenvalue weighted by Gasteiger charge is -2.32. The Labute approximate surface area is 287 Å². The Bertz CT molecular complexity index is 1430. The zero-order valence-electron chi connectivity index (χ0n) is 29.4. The average Bonchev–Trinajstić information content (AvgIpc) is 3.13. The van der Waals surface area contributed by atoms with Crippen molar-refractivity contribution in [1.82, 2.24) is 25.5 Å². The van der Waals surface area contributed by atoms with Crippen LogP contribution in [0.1, 0.15) is 75.0 Å². The number of nitrogens with one attached hydrogen (secondary N) is 2. The molecule has 4 aromatic rings. The third-order valence-electron chi connectivity index (χ3n) is 7.30. The summed E-state index contributed by atoms with van der Waals surface area (Å²) in [5.41, 5.74) is 3.18. The summed E-state index contributed by atoms with van der Waals surface area (Å²) < 4.78 is 4.90. The second-order valence-electron chi connectivity index (χ2n) is 11.4. The summed E-state index contributed by atoms with van der Waals surface area (Å²) >= 11 is 0. The minimum Gasteiger partial charge on any atom is -0.390 e. The molecule has 1 fully saturated rings. The molecule has 1 aliphatic rings. The number of hydrogen-bond donors (Lipinski definition) is 3. The summed E-state index contributed by atoms with van der Waals surface area (Å²) in [5, 5.41) is 17.5. The predicted molar refractivity (Wildman–Crippen MR) is 195 cm³/mol. The number of β-amino-alcohol motifs (C(OH)–C–C–N with tert-alkyl or cyclic N) is 1. The number of benzene rings is 2. The number of pyridine rings is 2. The topological polar surface area (TPSA) is 117 Å². The third-order valence-corrected chi connectivity index (χ3v) is 7.30. The van der Waals surface area contributed by atoms with Crippen LogP contribution in [0.5, 0.6) is 0 Å². The Morgan fingerprint density at radius 3 is 2.19 bits per heavy atom. The number of aromatic nitrogens is 2. The highest BCUT2D eigenvalue weighted by atomic mass is 16.5. The summed E-state index contributed by atoms with van der Waals surface area (Å²) in [6.07, 6.45) is 8.07. The maximum atomic E-state index is 12.7. The number of aliphatic hydroxyl groups is 1. The van der Waals surface area contributed by atoms with E-state index in [9.17, 15) is 14.7 Å². The number of hydrogen-bond acceptors (Lipinski definition) is 7. The number of amides is 2. The van der Waals surface area contributed by atoms with Gasteiger partial charge in [-0.1, -0.05) is 95.1 Å². The molecule has 1 saturated heterocycles. The number of nitrogens with zero attached hydrogens (tertiary/aromatic N) is 3. The minimum absolute atomic E-state index is 0.185. The van der Waals surface area contributed by atoms with Crippen molar-refractivity contribution in [3.8, 4) is 0 Å². The fourth-order valence-electron chi connectivity index (χ4n) is 5.03. The molecule has 48 heavy (non-hydrogen) atoms. The van der Waals surface area contributed by atoms with Crippen LogP contribution < -0.4 is 10.6 Å². The van der Waals surface area contributed by atoms with Crippen LogP contribution in [0.4, 0.5) is 0 Å². The van der Waals surface area contributed by atoms with Crippen LogP contribution in [-0.4, -0.2) is 77.2 Å². The van der Waals surface area contributed by atoms with E-state index in [1.807, 2.05) is 86.6 Å². The molecule has 2 aromatic carbocycles. The van der Waals surface area contributed by atoms with Gasteiger partial charge in [-0.2, -0.15) is 0 Å². The van der Waals surface area contributed by atoms with E-state index in [4.69, 9.17) is 4.74 Å². The number of ether oxygens (including phenoxy) is 1. The Hall–Kier alpha value is -4.18. The van der Waals surface area contributed by atoms with E-state index in [0.717, 1.165) is 48.0 Å². The van der Waals surface area contributed by atoms with Crippen molar-refractivity contribution < 1.29 is 19.4 Å². The number of piperidine rings is 1. The van der Waals surface area contributed by atoms with Crippen molar-refractivity contribution in [2.75, 3.05) is 33.3 Å². The molecule has 0 saturated carbocycles. The molecule has 3 heterocycles. The van der Waals surface area contributed by atoms with E-state index < -0.39 is 18.1 Å². The van der Waals surface area contributed by atoms with Crippen molar-refractivity contribution in [2.45, 2.75) is 78.6 Å². The molecule has 3 N–H and O–H groups in total. The maximum absolute atomic E-state index is 12.7. The van der Waals surface area contributed by atoms with Gasteiger partial charge in [-0.15, -0.1) is 0 Å². The first-order chi connectivity index (χ1) is 23.4. The van der Waals surface area contributed by atoms with E-state index in [1.54, 1.807) is 25.6 Å². The fourth-order valence-corrected chi connectivity index (χ4v) is 5.03. The molecular formula is C39H55N5O4. The lowest BCUT2D eigenvalue weighted by molar-refractivity contribution is -0.121. The first kappa shape index (κ1) is 40.0. The van der Waals surface area contributed by atoms with Crippen LogP contribution in [0, 0.1) is 0 Å². The highest BCUT2D eigenvalue weighted by Gasteiger charge is 2.25. The van der Waals surface area contributed by atoms with E-state index >= 15 is 0 Å². The molecule has 2 amide bonds. The first-order valence-corrected chi connectivity index (χ1v) is 17.2. The van der Waals surface area contributed by atoms with Gasteiger partial charge in [0.2, 0.25) is 5.91 Å². The molecular weight excluding hydrogens is 602 g/mol. The van der Waals surface area contributed by atoms with Crippen molar-refractivity contribution in [1.29, 1.82) is 0 Å². The zero-order chi connectivity index (χ0) is 35.0. The highest BCUT2D eigenvalue weighted by Crippen LogP contribution is 2.13. The molecule has 0 radical (unpaired) electrons. The van der Waals surface area contributed by atoms with Gasteiger partial charge in [0.15, 0.2) is 0 Å². The smallest absolute Gasteiger partial charge is 0.270 e. The Morgan fingerprint density at radius 1 is 0.875 bits per heavy atom. The summed E-state index contributed by atoms with van der Waals surface area (Å²) in [4.78, 5) is 35.8. The average molecular weight is 658 g/mol. The highest BCUT2D eigenvalue weighted by molar-refractivity contribution is 5.96. The molecule has 9 nitrogen and oxygen atoms in total. The molecule has 9 heteroatoms. The lowest BCUT2D eigenvalue weighted by atomic mass is 10.00. The molecule has 0 bridgehead atoms. The summed E-state index contributed by atoms with van der Waals surface area (Å²) in [6, 6.07) is 24.3. The molecule has 2 aromatic heterocycles. The number of likely N-dealkylation sites (tertiary alicyclic amines) is 1. The predicted octanol–water partition coefficient (Wildman–Crippen LogP) is 6.21. The van der Waals surface area contributed by atoms with Crippen molar-refractivity contribution in [3.05, 3.63) is 108 Å². The summed E-state index contributed by atoms with van der Waals surface area (Å²) in [7, 11) is 1.68. The van der Waals surface area contributed by atoms with Gasteiger partial charge < -0.3 is 25.4 Å². The standard InChI is InChI=1S/C27H32N4O3.C7H9NO.C3H8.C2H6/c32-25(19-31-15-7-2-8-16-31)24(17-20-9-3-1-4-10-20)30-26(33)18-28-27(34)23-14-13-21-11-5-6-12-22(21)29-23;1-9-6-7-2-4-8-5-3-7;1-3-2;1-2/h1,3-6,9-14,24-25,32H,2,7-8,15-19H2,(H,28,34)(H,30,33);2-5H,6H2,1H3;3H2,1-2H3;1-2H3. The number of aliphatic hydroxyl groups excluding tert-OH is 1. The van der Waals surface area contributed by atoms with E-state index in [1.165, 1.54) is 12.8 Å². The number of methoxy groups -OCH3 is 1. The summed E-state index contributed by atoms with van der Waals surface area (Å²) in [5.74, 6) is -0.748. The lowest BCUT2D eigenvalue weighted by Crippen LogP contribution is -2.52. The van der Waals surface area contributed by atoms with Crippen molar-refractivity contribution in [2.24, 2.45) is 0 Å². The Balaban J connectivity index is 0.000000480. The second-order valence-corrected chi connectivity index (χ2v) is 11.4. The molecule has 2 atom stereocenters.